The van der Waals surface area contributed by atoms with Crippen LogP contribution in [-0.4, -0.2) is 25.1 Å². The lowest BCUT2D eigenvalue weighted by atomic mass is 10.1. The Bertz CT molecular complexity index is 1410. The molecule has 0 saturated carbocycles. The Kier molecular flexibility index (Phi) is 4.60. The van der Waals surface area contributed by atoms with Gasteiger partial charge in [0.25, 0.3) is 5.12 Å². The van der Waals surface area contributed by atoms with Gasteiger partial charge < -0.3 is 0 Å². The lowest BCUT2D eigenvalue weighted by Gasteiger charge is -2.47. The first-order valence-corrected chi connectivity index (χ1v) is 12.4. The summed E-state index contributed by atoms with van der Waals surface area (Å²) in [5.74, 6) is 2.43. The third-order valence-electron chi connectivity index (χ3n) is 6.36. The molecule has 0 N–H and O–H groups in total. The number of aromatic nitrogens is 4. The molecule has 0 fully saturated rings. The zero-order chi connectivity index (χ0) is 23.2. The molecular formula is C27H21N7S. The van der Waals surface area contributed by atoms with Crippen LogP contribution in [0.5, 0.6) is 0 Å². The maximum atomic E-state index is 4.88. The summed E-state index contributed by atoms with van der Waals surface area (Å²) in [6.07, 6.45) is 15.4. The molecular weight excluding hydrogens is 454 g/mol. The molecule has 170 valence electrons. The van der Waals surface area contributed by atoms with E-state index in [1.54, 1.807) is 36.5 Å². The molecule has 7 nitrogen and oxygen atoms in total. The molecule has 0 radical (unpaired) electrons. The van der Waals surface area contributed by atoms with Gasteiger partial charge in [-0.3, -0.25) is 14.7 Å². The SMILES string of the molecule is C1=CCCC(N2c3nccnc3N(c3ccccc3)C23Sc2nccnc2N3c2ccccc2)=C1. The second-order valence-electron chi connectivity index (χ2n) is 8.37. The molecule has 2 aromatic heterocycles. The van der Waals surface area contributed by atoms with E-state index in [9.17, 15) is 0 Å². The van der Waals surface area contributed by atoms with Crippen LogP contribution < -0.4 is 14.7 Å². The standard InChI is InChI=1S/C27H21N7S/c1-4-10-20(11-5-1)32-23-24(29-17-16-28-23)33(21-12-6-2-7-13-21)27(32)34(22-14-8-3-9-15-22)25-26(35-27)31-19-18-30-25/h1-6,8-12,14-19H,7,13H2. The molecule has 1 unspecified atom stereocenters. The van der Waals surface area contributed by atoms with Gasteiger partial charge in [0.1, 0.15) is 5.03 Å². The quantitative estimate of drug-likeness (QED) is 0.357. The zero-order valence-corrected chi connectivity index (χ0v) is 19.6. The molecule has 4 heterocycles. The predicted molar refractivity (Wildman–Crippen MR) is 139 cm³/mol. The number of thioether (sulfide) groups is 1. The number of allylic oxidation sites excluding steroid dienone is 4. The van der Waals surface area contributed by atoms with E-state index in [-0.39, 0.29) is 0 Å². The fourth-order valence-electron chi connectivity index (χ4n) is 5.00. The normalized spacial score (nSPS) is 20.2. The van der Waals surface area contributed by atoms with Crippen LogP contribution >= 0.6 is 11.8 Å². The predicted octanol–water partition coefficient (Wildman–Crippen LogP) is 6.01. The second kappa shape index (κ2) is 7.95. The smallest absolute Gasteiger partial charge is 0.266 e. The van der Waals surface area contributed by atoms with Crippen LogP contribution in [0.4, 0.5) is 28.8 Å². The van der Waals surface area contributed by atoms with Gasteiger partial charge in [-0.2, -0.15) is 0 Å². The van der Waals surface area contributed by atoms with Gasteiger partial charge in [0.05, 0.1) is 0 Å². The first kappa shape index (κ1) is 20.2. The van der Waals surface area contributed by atoms with E-state index in [1.165, 1.54) is 5.70 Å². The first-order valence-electron chi connectivity index (χ1n) is 11.6. The van der Waals surface area contributed by atoms with Crippen LogP contribution in [0, 0.1) is 0 Å². The van der Waals surface area contributed by atoms with Gasteiger partial charge >= 0.3 is 0 Å². The van der Waals surface area contributed by atoms with E-state index in [0.29, 0.717) is 0 Å². The van der Waals surface area contributed by atoms with E-state index in [2.05, 4.69) is 81.5 Å². The number of para-hydroxylation sites is 2. The molecule has 1 spiro atoms. The van der Waals surface area contributed by atoms with Crippen molar-refractivity contribution in [3.63, 3.8) is 0 Å². The maximum absolute atomic E-state index is 4.88. The lowest BCUT2D eigenvalue weighted by molar-refractivity contribution is 0.607. The minimum atomic E-state index is -0.812. The average Bonchev–Trinajstić information content (AvgIpc) is 3.41. The zero-order valence-electron chi connectivity index (χ0n) is 18.8. The topological polar surface area (TPSA) is 61.3 Å². The van der Waals surface area contributed by atoms with E-state index >= 15 is 0 Å². The van der Waals surface area contributed by atoms with Crippen molar-refractivity contribution in [2.75, 3.05) is 14.7 Å². The third-order valence-corrected chi connectivity index (χ3v) is 7.66. The fraction of sp³-hybridized carbons (Fsp3) is 0.111. The van der Waals surface area contributed by atoms with Gasteiger partial charge in [0, 0.05) is 41.9 Å². The summed E-state index contributed by atoms with van der Waals surface area (Å²) in [5, 5.41) is 0.0506. The summed E-state index contributed by atoms with van der Waals surface area (Å²) >= 11 is 1.67. The summed E-state index contributed by atoms with van der Waals surface area (Å²) < 4.78 is 0. The molecule has 7 rings (SSSR count). The number of rotatable bonds is 3. The molecule has 4 aromatic rings. The van der Waals surface area contributed by atoms with Crippen molar-refractivity contribution in [2.45, 2.75) is 23.0 Å². The van der Waals surface area contributed by atoms with Crippen LogP contribution in [0.1, 0.15) is 12.8 Å². The van der Waals surface area contributed by atoms with Crippen molar-refractivity contribution < 1.29 is 0 Å². The summed E-state index contributed by atoms with van der Waals surface area (Å²) in [4.78, 5) is 26.2. The van der Waals surface area contributed by atoms with E-state index in [1.807, 2.05) is 12.1 Å². The largest absolute Gasteiger partial charge is 0.275 e. The van der Waals surface area contributed by atoms with Crippen molar-refractivity contribution in [3.8, 4) is 0 Å². The third kappa shape index (κ3) is 2.93. The Hall–Kier alpha value is -4.17. The summed E-state index contributed by atoms with van der Waals surface area (Å²) in [6.45, 7) is 0. The van der Waals surface area contributed by atoms with Crippen molar-refractivity contribution in [1.29, 1.82) is 0 Å². The molecule has 1 aliphatic carbocycles. The second-order valence-corrected chi connectivity index (χ2v) is 9.51. The molecule has 8 heteroatoms. The molecule has 0 saturated heterocycles. The molecule has 2 aromatic carbocycles. The highest BCUT2D eigenvalue weighted by Crippen LogP contribution is 2.63. The average molecular weight is 476 g/mol. The van der Waals surface area contributed by atoms with Crippen LogP contribution in [0.2, 0.25) is 0 Å². The Balaban J connectivity index is 1.57. The fourth-order valence-corrected chi connectivity index (χ4v) is 6.47. The summed E-state index contributed by atoms with van der Waals surface area (Å²) in [7, 11) is 0. The molecule has 2 aliphatic heterocycles. The number of nitrogens with zero attached hydrogens (tertiary/aromatic N) is 7. The van der Waals surface area contributed by atoms with Gasteiger partial charge in [-0.15, -0.1) is 0 Å². The van der Waals surface area contributed by atoms with Gasteiger partial charge in [-0.25, -0.2) is 19.9 Å². The number of hydrogen-bond donors (Lipinski definition) is 0. The number of fused-ring (bicyclic) bond motifs is 2. The summed E-state index contributed by atoms with van der Waals surface area (Å²) in [6, 6.07) is 20.8. The highest BCUT2D eigenvalue weighted by Gasteiger charge is 2.63. The molecule has 3 aliphatic rings. The monoisotopic (exact) mass is 475 g/mol. The molecule has 0 bridgehead atoms. The molecule has 0 amide bonds. The van der Waals surface area contributed by atoms with Gasteiger partial charge in [-0.1, -0.05) is 48.6 Å². The van der Waals surface area contributed by atoms with Crippen LogP contribution in [0.25, 0.3) is 0 Å². The van der Waals surface area contributed by atoms with Gasteiger partial charge in [0.15, 0.2) is 17.5 Å². The Morgan fingerprint density at radius 2 is 1.23 bits per heavy atom. The molecule has 1 atom stereocenters. The number of benzene rings is 2. The maximum Gasteiger partial charge on any atom is 0.266 e. The Morgan fingerprint density at radius 1 is 0.657 bits per heavy atom. The van der Waals surface area contributed by atoms with Crippen LogP contribution in [-0.2, 0) is 0 Å². The van der Waals surface area contributed by atoms with Crippen molar-refractivity contribution in [3.05, 3.63) is 109 Å². The van der Waals surface area contributed by atoms with Crippen molar-refractivity contribution in [1.82, 2.24) is 19.9 Å². The van der Waals surface area contributed by atoms with E-state index in [4.69, 9.17) is 19.9 Å². The Labute approximate surface area is 207 Å². The lowest BCUT2D eigenvalue weighted by Crippen LogP contribution is -2.61. The highest BCUT2D eigenvalue weighted by atomic mass is 32.2. The summed E-state index contributed by atoms with van der Waals surface area (Å²) in [5.41, 5.74) is 3.21. The van der Waals surface area contributed by atoms with Crippen LogP contribution in [0.15, 0.2) is 114 Å². The van der Waals surface area contributed by atoms with E-state index in [0.717, 1.165) is 46.7 Å². The van der Waals surface area contributed by atoms with Crippen molar-refractivity contribution in [2.24, 2.45) is 0 Å². The minimum Gasteiger partial charge on any atom is -0.275 e. The van der Waals surface area contributed by atoms with Gasteiger partial charge in [-0.05, 0) is 54.9 Å². The number of anilines is 5. The first-order chi connectivity index (χ1) is 17.4. The number of hydrogen-bond acceptors (Lipinski definition) is 8. The van der Waals surface area contributed by atoms with Crippen molar-refractivity contribution >= 4 is 40.6 Å². The highest BCUT2D eigenvalue weighted by molar-refractivity contribution is 8.01. The van der Waals surface area contributed by atoms with E-state index < -0.39 is 5.12 Å². The van der Waals surface area contributed by atoms with Crippen LogP contribution in [0.3, 0.4) is 0 Å². The molecule has 35 heavy (non-hydrogen) atoms. The minimum absolute atomic E-state index is 0.801. The Morgan fingerprint density at radius 3 is 1.86 bits per heavy atom. The van der Waals surface area contributed by atoms with Gasteiger partial charge in [0.2, 0.25) is 0 Å².